The fourth-order valence-electron chi connectivity index (χ4n) is 3.87. The molecule has 0 aromatic rings. The van der Waals surface area contributed by atoms with E-state index in [1.807, 2.05) is 31.2 Å². The number of nitrogens with two attached hydrogens (primary N) is 1. The molecule has 4 atom stereocenters. The molecule has 0 radical (unpaired) electrons. The minimum absolute atomic E-state index is 0.155. The Kier molecular flexibility index (Phi) is 23.2. The number of nitrogens with one attached hydrogen (secondary N) is 1. The van der Waals surface area contributed by atoms with Crippen LogP contribution in [0.2, 0.25) is 0 Å². The van der Waals surface area contributed by atoms with Gasteiger partial charge in [0.05, 0.1) is 12.1 Å². The normalized spacial score (nSPS) is 14.9. The lowest BCUT2D eigenvalue weighted by molar-refractivity contribution is -0.148. The van der Waals surface area contributed by atoms with Crippen molar-refractivity contribution in [1.82, 2.24) is 10.2 Å². The van der Waals surface area contributed by atoms with Gasteiger partial charge >= 0.3 is 17.9 Å². The Balaban J connectivity index is 5.59. The van der Waals surface area contributed by atoms with Crippen LogP contribution in [0.5, 0.6) is 0 Å². The molecule has 0 aromatic heterocycles. The quantitative estimate of drug-likeness (QED) is 0.0352. The Labute approximate surface area is 270 Å². The van der Waals surface area contributed by atoms with Gasteiger partial charge < -0.3 is 36.4 Å². The molecule has 0 spiro atoms. The summed E-state index contributed by atoms with van der Waals surface area (Å²) >= 11 is 4.15. The number of amides is 2. The van der Waals surface area contributed by atoms with Gasteiger partial charge in [-0.25, -0.2) is 4.79 Å². The van der Waals surface area contributed by atoms with Crippen LogP contribution in [0.25, 0.3) is 0 Å². The van der Waals surface area contributed by atoms with Gasteiger partial charge in [0.25, 0.3) is 0 Å². The minimum atomic E-state index is -1.31. The van der Waals surface area contributed by atoms with Crippen LogP contribution in [0, 0.1) is 0 Å². The number of carbonyl (C=O) groups is 5. The maximum Gasteiger partial charge on any atom is 0.328 e. The second-order valence-corrected chi connectivity index (χ2v) is 10.4. The van der Waals surface area contributed by atoms with E-state index in [1.165, 1.54) is 6.08 Å². The number of carboxylic acid groups (broad SMARTS) is 3. The largest absolute Gasteiger partial charge is 0.480 e. The van der Waals surface area contributed by atoms with Crippen molar-refractivity contribution in [1.29, 1.82) is 0 Å². The molecule has 0 aromatic carbocycles. The third kappa shape index (κ3) is 20.6. The Bertz CT molecular complexity index is 1120. The van der Waals surface area contributed by atoms with Crippen molar-refractivity contribution < 1.29 is 44.4 Å². The highest BCUT2D eigenvalue weighted by Crippen LogP contribution is 2.16. The number of aliphatic carboxylic acids is 3. The molecule has 45 heavy (non-hydrogen) atoms. The van der Waals surface area contributed by atoms with Gasteiger partial charge in [-0.1, -0.05) is 93.0 Å². The van der Waals surface area contributed by atoms with E-state index in [1.54, 1.807) is 36.5 Å². The van der Waals surface area contributed by atoms with Crippen LogP contribution < -0.4 is 11.1 Å². The fraction of sp³-hybridized carbons (Fsp3) is 0.469. The molecule has 0 heterocycles. The van der Waals surface area contributed by atoms with Crippen molar-refractivity contribution in [2.24, 2.45) is 5.73 Å². The molecule has 0 rings (SSSR count). The first-order chi connectivity index (χ1) is 21.4. The van der Waals surface area contributed by atoms with Gasteiger partial charge in [0.2, 0.25) is 11.8 Å². The molecule has 250 valence electrons. The highest BCUT2D eigenvalue weighted by Gasteiger charge is 2.34. The zero-order valence-electron chi connectivity index (χ0n) is 25.6. The van der Waals surface area contributed by atoms with Crippen molar-refractivity contribution in [2.45, 2.75) is 82.5 Å². The molecule has 13 heteroatoms. The Hall–Kier alpha value is -3.94. The molecule has 0 aliphatic heterocycles. The number of carbonyl (C=O) groups excluding carboxylic acids is 2. The van der Waals surface area contributed by atoms with Gasteiger partial charge in [-0.2, -0.15) is 12.6 Å². The number of carboxylic acids is 3. The highest BCUT2D eigenvalue weighted by molar-refractivity contribution is 7.80. The van der Waals surface area contributed by atoms with E-state index < -0.39 is 60.5 Å². The minimum Gasteiger partial charge on any atom is -0.480 e. The first-order valence-electron chi connectivity index (χ1n) is 14.8. The van der Waals surface area contributed by atoms with Crippen LogP contribution in [0.3, 0.4) is 0 Å². The molecule has 4 unspecified atom stereocenters. The van der Waals surface area contributed by atoms with Crippen molar-refractivity contribution in [3.05, 3.63) is 72.9 Å². The Morgan fingerprint density at radius 2 is 1.47 bits per heavy atom. The van der Waals surface area contributed by atoms with Crippen molar-refractivity contribution in [3.63, 3.8) is 0 Å². The van der Waals surface area contributed by atoms with E-state index in [0.29, 0.717) is 12.8 Å². The summed E-state index contributed by atoms with van der Waals surface area (Å²) in [6, 6.07) is -3.48. The molecule has 7 N–H and O–H groups in total. The predicted octanol–water partition coefficient (Wildman–Crippen LogP) is 3.02. The third-order valence-electron chi connectivity index (χ3n) is 6.25. The number of allylic oxidation sites excluding steroid dienone is 10. The monoisotopic (exact) mass is 649 g/mol. The first kappa shape index (κ1) is 41.1. The van der Waals surface area contributed by atoms with Crippen molar-refractivity contribution in [3.8, 4) is 0 Å². The van der Waals surface area contributed by atoms with Gasteiger partial charge in [0.15, 0.2) is 0 Å². The standard InChI is InChI=1S/C32H47N3O9S/c1-2-3-14-18-27(36)26(17-15-12-10-8-6-4-5-7-9-11-13-16-19-29(38)39)35(22-30(40)41)31(42)25(23-45)34-28(37)21-20-24(33)32(43)44/h6-13,15-17,19,24-27,36,45H,2-5,14,18,20-23,33H2,1H3,(H,34,37)(H,38,39)(H,40,41)(H,43,44)/b8-6?,9-7-,12-10?,13-11-,17-15?,19-16?. The van der Waals surface area contributed by atoms with E-state index >= 15 is 0 Å². The van der Waals surface area contributed by atoms with Crippen LogP contribution >= 0.6 is 12.6 Å². The second kappa shape index (κ2) is 25.4. The summed E-state index contributed by atoms with van der Waals surface area (Å²) in [5.74, 6) is -5.13. The Morgan fingerprint density at radius 3 is 2.00 bits per heavy atom. The molecule has 0 aliphatic rings. The number of rotatable bonds is 24. The van der Waals surface area contributed by atoms with Gasteiger partial charge in [-0.3, -0.25) is 19.2 Å². The number of thiol groups is 1. The average molecular weight is 650 g/mol. The summed E-state index contributed by atoms with van der Waals surface area (Å²) < 4.78 is 0. The topological polar surface area (TPSA) is 208 Å². The summed E-state index contributed by atoms with van der Waals surface area (Å²) in [5, 5.41) is 40.5. The van der Waals surface area contributed by atoms with E-state index in [0.717, 1.165) is 36.7 Å². The van der Waals surface area contributed by atoms with Crippen molar-refractivity contribution >= 4 is 42.4 Å². The fourth-order valence-corrected chi connectivity index (χ4v) is 4.11. The molecular formula is C32H47N3O9S. The molecule has 0 fully saturated rings. The predicted molar refractivity (Wildman–Crippen MR) is 176 cm³/mol. The summed E-state index contributed by atoms with van der Waals surface area (Å²) in [6.07, 6.45) is 22.6. The number of nitrogens with zero attached hydrogens (tertiary/aromatic N) is 1. The third-order valence-corrected chi connectivity index (χ3v) is 6.61. The maximum absolute atomic E-state index is 13.5. The summed E-state index contributed by atoms with van der Waals surface area (Å²) in [7, 11) is 0. The summed E-state index contributed by atoms with van der Waals surface area (Å²) in [5.41, 5.74) is 5.44. The van der Waals surface area contributed by atoms with E-state index in [-0.39, 0.29) is 18.6 Å². The van der Waals surface area contributed by atoms with Gasteiger partial charge in [-0.05, 0) is 25.7 Å². The molecule has 0 saturated carbocycles. The maximum atomic E-state index is 13.5. The van der Waals surface area contributed by atoms with Crippen LogP contribution in [0.15, 0.2) is 72.9 Å². The number of unbranched alkanes of at least 4 members (excludes halogenated alkanes) is 3. The van der Waals surface area contributed by atoms with E-state index in [9.17, 15) is 34.2 Å². The molecule has 2 amide bonds. The van der Waals surface area contributed by atoms with Crippen LogP contribution in [-0.4, -0.2) is 91.6 Å². The first-order valence-corrected chi connectivity index (χ1v) is 15.4. The van der Waals surface area contributed by atoms with Gasteiger partial charge in [0, 0.05) is 18.2 Å². The SMILES string of the molecule is CCCCCC(O)C(C=CC=CC=CCC/C=C\C=C/C=CC(=O)O)N(CC(=O)O)C(=O)C(CS)NC(=O)CCC(N)C(=O)O. The average Bonchev–Trinajstić information content (AvgIpc) is 2.99. The van der Waals surface area contributed by atoms with Gasteiger partial charge in [-0.15, -0.1) is 0 Å². The lowest BCUT2D eigenvalue weighted by Crippen LogP contribution is -2.56. The van der Waals surface area contributed by atoms with Crippen LogP contribution in [0.1, 0.15) is 58.3 Å². The van der Waals surface area contributed by atoms with E-state index in [2.05, 4.69) is 17.9 Å². The van der Waals surface area contributed by atoms with E-state index in [4.69, 9.17) is 15.9 Å². The second-order valence-electron chi connectivity index (χ2n) is 9.99. The summed E-state index contributed by atoms with van der Waals surface area (Å²) in [6.45, 7) is 1.27. The number of aliphatic hydroxyl groups excluding tert-OH is 1. The zero-order valence-corrected chi connectivity index (χ0v) is 26.5. The summed E-state index contributed by atoms with van der Waals surface area (Å²) in [4.78, 5) is 60.0. The highest BCUT2D eigenvalue weighted by atomic mass is 32.1. The van der Waals surface area contributed by atoms with Crippen LogP contribution in [0.4, 0.5) is 0 Å². The van der Waals surface area contributed by atoms with Crippen LogP contribution in [-0.2, 0) is 24.0 Å². The molecule has 0 saturated heterocycles. The lowest BCUT2D eigenvalue weighted by atomic mass is 10.0. The molecular weight excluding hydrogens is 602 g/mol. The number of hydrogen-bond donors (Lipinski definition) is 7. The number of hydrogen-bond acceptors (Lipinski definition) is 8. The molecule has 0 aliphatic carbocycles. The van der Waals surface area contributed by atoms with Crippen molar-refractivity contribution in [2.75, 3.05) is 12.3 Å². The Morgan fingerprint density at radius 1 is 0.867 bits per heavy atom. The lowest BCUT2D eigenvalue weighted by Gasteiger charge is -2.34. The zero-order chi connectivity index (χ0) is 34.0. The smallest absolute Gasteiger partial charge is 0.328 e. The number of aliphatic hydroxyl groups is 1. The van der Waals surface area contributed by atoms with Gasteiger partial charge in [0.1, 0.15) is 18.6 Å². The molecule has 0 bridgehead atoms. The molecule has 12 nitrogen and oxygen atoms in total.